The van der Waals surface area contributed by atoms with Crippen molar-refractivity contribution >= 4 is 5.71 Å². The molecule has 0 aromatic rings. The molecular formula is C28H45NO4. The molecule has 0 radical (unpaired) electrons. The molecule has 6 unspecified atom stereocenters. The summed E-state index contributed by atoms with van der Waals surface area (Å²) in [6.07, 6.45) is 10.2. The Labute approximate surface area is 200 Å². The molecule has 12 atom stereocenters. The van der Waals surface area contributed by atoms with Gasteiger partial charge in [0.1, 0.15) is 7.11 Å². The molecule has 2 saturated heterocycles. The van der Waals surface area contributed by atoms with E-state index in [1.54, 1.807) is 7.11 Å². The zero-order chi connectivity index (χ0) is 23.2. The van der Waals surface area contributed by atoms with E-state index < -0.39 is 5.79 Å². The number of oxime groups is 1. The highest BCUT2D eigenvalue weighted by Crippen LogP contribution is 2.70. The summed E-state index contributed by atoms with van der Waals surface area (Å²) in [5.74, 6) is 3.68. The summed E-state index contributed by atoms with van der Waals surface area (Å²) < 4.78 is 13.4. The lowest BCUT2D eigenvalue weighted by Gasteiger charge is -2.61. The molecule has 2 aliphatic heterocycles. The molecule has 2 heterocycles. The Morgan fingerprint density at radius 2 is 1.85 bits per heavy atom. The number of hydrogen-bond acceptors (Lipinski definition) is 5. The second kappa shape index (κ2) is 7.67. The number of aliphatic hydroxyl groups excluding tert-OH is 1. The van der Waals surface area contributed by atoms with E-state index >= 15 is 0 Å². The van der Waals surface area contributed by atoms with E-state index in [2.05, 4.69) is 27.7 Å². The molecule has 0 aromatic carbocycles. The largest absolute Gasteiger partial charge is 0.399 e. The van der Waals surface area contributed by atoms with Crippen LogP contribution in [0.1, 0.15) is 85.5 Å². The van der Waals surface area contributed by atoms with Crippen LogP contribution in [-0.4, -0.2) is 42.5 Å². The Hall–Kier alpha value is -0.650. The maximum atomic E-state index is 10.4. The predicted molar refractivity (Wildman–Crippen MR) is 128 cm³/mol. The third-order valence-corrected chi connectivity index (χ3v) is 12.0. The standard InChI is InChI=1S/C28H45NO4/c1-16-8-11-28(32-15-16)17(2)25-23(33-28)13-22-20-7-6-18-12-19(30)9-10-26(18,3)21(20)14-24(29-31-5)27(22,25)4/h16-23,25,30H,6-15H2,1-5H3/b29-24-/t16-,17+,18?,19+,20?,21?,22?,23?,25?,26+,27-,28-/m1/s1. The van der Waals surface area contributed by atoms with Crippen LogP contribution in [0.3, 0.4) is 0 Å². The minimum absolute atomic E-state index is 0.0224. The van der Waals surface area contributed by atoms with Crippen molar-refractivity contribution in [3.05, 3.63) is 0 Å². The summed E-state index contributed by atoms with van der Waals surface area (Å²) in [5, 5.41) is 15.2. The number of fused-ring (bicyclic) bond motifs is 7. The maximum absolute atomic E-state index is 10.4. The molecule has 0 bridgehead atoms. The van der Waals surface area contributed by atoms with Crippen molar-refractivity contribution < 1.29 is 19.4 Å². The fourth-order valence-electron chi connectivity index (χ4n) is 10.2. The van der Waals surface area contributed by atoms with Crippen LogP contribution >= 0.6 is 0 Å². The number of hydrogen-bond donors (Lipinski definition) is 1. The van der Waals surface area contributed by atoms with Gasteiger partial charge in [-0.1, -0.05) is 32.9 Å². The minimum Gasteiger partial charge on any atom is -0.399 e. The minimum atomic E-state index is -0.395. The predicted octanol–water partition coefficient (Wildman–Crippen LogP) is 5.41. The zero-order valence-corrected chi connectivity index (χ0v) is 21.4. The summed E-state index contributed by atoms with van der Waals surface area (Å²) in [7, 11) is 1.72. The highest BCUT2D eigenvalue weighted by Gasteiger charge is 2.71. The van der Waals surface area contributed by atoms with Gasteiger partial charge in [-0.05, 0) is 86.4 Å². The Bertz CT molecular complexity index is 806. The molecule has 4 aliphatic carbocycles. The van der Waals surface area contributed by atoms with Crippen molar-refractivity contribution in [2.75, 3.05) is 13.7 Å². The van der Waals surface area contributed by atoms with Gasteiger partial charge in [0.2, 0.25) is 0 Å². The molecule has 33 heavy (non-hydrogen) atoms. The van der Waals surface area contributed by atoms with Crippen LogP contribution in [0.2, 0.25) is 0 Å². The lowest BCUT2D eigenvalue weighted by Crippen LogP contribution is -2.58. The highest BCUT2D eigenvalue weighted by atomic mass is 16.7. The first-order valence-electron chi connectivity index (χ1n) is 13.8. The molecule has 0 amide bonds. The molecule has 0 aromatic heterocycles. The first-order valence-corrected chi connectivity index (χ1v) is 13.8. The van der Waals surface area contributed by atoms with E-state index in [1.165, 1.54) is 25.0 Å². The maximum Gasteiger partial charge on any atom is 0.171 e. The third kappa shape index (κ3) is 3.03. The fourth-order valence-corrected chi connectivity index (χ4v) is 10.2. The fraction of sp³-hybridized carbons (Fsp3) is 0.964. The molecule has 5 nitrogen and oxygen atoms in total. The zero-order valence-electron chi connectivity index (χ0n) is 21.4. The summed E-state index contributed by atoms with van der Waals surface area (Å²) in [4.78, 5) is 5.53. The normalized spacial score (nSPS) is 59.1. The van der Waals surface area contributed by atoms with E-state index in [0.29, 0.717) is 40.9 Å². The van der Waals surface area contributed by atoms with Crippen molar-refractivity contribution in [1.29, 1.82) is 0 Å². The summed E-state index contributed by atoms with van der Waals surface area (Å²) in [6, 6.07) is 0. The smallest absolute Gasteiger partial charge is 0.171 e. The lowest BCUT2D eigenvalue weighted by atomic mass is 9.44. The summed E-state index contributed by atoms with van der Waals surface area (Å²) >= 11 is 0. The molecule has 4 saturated carbocycles. The molecular weight excluding hydrogens is 414 g/mol. The van der Waals surface area contributed by atoms with E-state index in [0.717, 1.165) is 51.0 Å². The molecule has 1 spiro atoms. The quantitative estimate of drug-likeness (QED) is 0.533. The van der Waals surface area contributed by atoms with E-state index in [-0.39, 0.29) is 17.6 Å². The first kappa shape index (κ1) is 22.8. The molecule has 6 aliphatic rings. The Balaban J connectivity index is 1.35. The average Bonchev–Trinajstić information content (AvgIpc) is 3.23. The molecule has 1 N–H and O–H groups in total. The third-order valence-electron chi connectivity index (χ3n) is 12.0. The van der Waals surface area contributed by atoms with Crippen LogP contribution in [0, 0.1) is 52.3 Å². The number of nitrogens with zero attached hydrogens (tertiary/aromatic N) is 1. The monoisotopic (exact) mass is 459 g/mol. The molecule has 6 fully saturated rings. The van der Waals surface area contributed by atoms with Gasteiger partial charge in [0, 0.05) is 23.7 Å². The second-order valence-electron chi connectivity index (χ2n) is 13.3. The first-order chi connectivity index (χ1) is 15.7. The Morgan fingerprint density at radius 3 is 2.58 bits per heavy atom. The number of rotatable bonds is 1. The van der Waals surface area contributed by atoms with Crippen molar-refractivity contribution in [3.8, 4) is 0 Å². The molecule has 186 valence electrons. The van der Waals surface area contributed by atoms with E-state index in [4.69, 9.17) is 19.5 Å². The van der Waals surface area contributed by atoms with Crippen LogP contribution in [0.5, 0.6) is 0 Å². The van der Waals surface area contributed by atoms with E-state index in [1.807, 2.05) is 0 Å². The second-order valence-corrected chi connectivity index (χ2v) is 13.3. The van der Waals surface area contributed by atoms with Crippen LogP contribution < -0.4 is 0 Å². The van der Waals surface area contributed by atoms with Gasteiger partial charge < -0.3 is 19.4 Å². The van der Waals surface area contributed by atoms with Crippen LogP contribution in [-0.2, 0) is 14.3 Å². The van der Waals surface area contributed by atoms with Crippen LogP contribution in [0.15, 0.2) is 5.16 Å². The molecule has 6 rings (SSSR count). The summed E-state index contributed by atoms with van der Waals surface area (Å²) in [6.45, 7) is 10.5. The number of ether oxygens (including phenoxy) is 2. The van der Waals surface area contributed by atoms with Crippen molar-refractivity contribution in [2.24, 2.45) is 57.4 Å². The lowest BCUT2D eigenvalue weighted by molar-refractivity contribution is -0.272. The highest BCUT2D eigenvalue weighted by molar-refractivity contribution is 5.92. The van der Waals surface area contributed by atoms with E-state index in [9.17, 15) is 5.11 Å². The Kier molecular flexibility index (Phi) is 5.30. The van der Waals surface area contributed by atoms with Gasteiger partial charge in [-0.3, -0.25) is 0 Å². The van der Waals surface area contributed by atoms with Gasteiger partial charge >= 0.3 is 0 Å². The van der Waals surface area contributed by atoms with Crippen LogP contribution in [0.25, 0.3) is 0 Å². The van der Waals surface area contributed by atoms with Crippen LogP contribution in [0.4, 0.5) is 0 Å². The van der Waals surface area contributed by atoms with Gasteiger partial charge in [0.25, 0.3) is 0 Å². The summed E-state index contributed by atoms with van der Waals surface area (Å²) in [5.41, 5.74) is 1.62. The SMILES string of the molecule is CO/N=C1/CC2C(CCC3C[C@@H](O)CC[C@@]32C)C2CC3O[C@]4(CC[C@@H](C)CO4)[C@@H](C)C3[C@@]12C. The van der Waals surface area contributed by atoms with Gasteiger partial charge in [-0.15, -0.1) is 0 Å². The number of aliphatic hydroxyl groups is 1. The van der Waals surface area contributed by atoms with Crippen molar-refractivity contribution in [1.82, 2.24) is 0 Å². The van der Waals surface area contributed by atoms with Gasteiger partial charge in [0.15, 0.2) is 5.79 Å². The molecule has 5 heteroatoms. The van der Waals surface area contributed by atoms with Crippen molar-refractivity contribution in [2.45, 2.75) is 103 Å². The van der Waals surface area contributed by atoms with Gasteiger partial charge in [-0.2, -0.15) is 0 Å². The van der Waals surface area contributed by atoms with Gasteiger partial charge in [0.05, 0.1) is 24.5 Å². The van der Waals surface area contributed by atoms with Crippen molar-refractivity contribution in [3.63, 3.8) is 0 Å². The van der Waals surface area contributed by atoms with Gasteiger partial charge in [-0.25, -0.2) is 0 Å². The Morgan fingerprint density at radius 1 is 1.03 bits per heavy atom. The average molecular weight is 460 g/mol. The topological polar surface area (TPSA) is 60.3 Å².